The number of benzene rings is 1. The Morgan fingerprint density at radius 3 is 2.54 bits per heavy atom. The Balaban J connectivity index is 1.42. The minimum atomic E-state index is 0.159. The first-order valence-corrected chi connectivity index (χ1v) is 10.5. The molecule has 2 aromatic rings. The summed E-state index contributed by atoms with van der Waals surface area (Å²) in [6.45, 7) is 4.80. The minimum Gasteiger partial charge on any atom is -0.335 e. The van der Waals surface area contributed by atoms with Gasteiger partial charge in [0.05, 0.1) is 5.75 Å². The molecule has 0 atom stereocenters. The highest BCUT2D eigenvalue weighted by Gasteiger charge is 2.36. The molecule has 0 saturated heterocycles. The summed E-state index contributed by atoms with van der Waals surface area (Å²) in [5, 5.41) is 9.76. The van der Waals surface area contributed by atoms with Gasteiger partial charge in [-0.25, -0.2) is 0 Å². The van der Waals surface area contributed by atoms with Gasteiger partial charge >= 0.3 is 0 Å². The number of amides is 1. The first kappa shape index (κ1) is 17.6. The number of hydrogen-bond donors (Lipinski definition) is 0. The van der Waals surface area contributed by atoms with Gasteiger partial charge < -0.3 is 9.47 Å². The van der Waals surface area contributed by atoms with Gasteiger partial charge in [-0.05, 0) is 45.1 Å². The molecule has 26 heavy (non-hydrogen) atoms. The largest absolute Gasteiger partial charge is 0.335 e. The average Bonchev–Trinajstić information content (AvgIpc) is 3.57. The number of hydrogen-bond acceptors (Lipinski definition) is 4. The van der Waals surface area contributed by atoms with Gasteiger partial charge in [0.1, 0.15) is 5.82 Å². The fourth-order valence-corrected chi connectivity index (χ4v) is 4.13. The van der Waals surface area contributed by atoms with E-state index in [2.05, 4.69) is 40.7 Å². The van der Waals surface area contributed by atoms with Gasteiger partial charge in [0.2, 0.25) is 5.91 Å². The van der Waals surface area contributed by atoms with Crippen LogP contribution in [0.5, 0.6) is 0 Å². The molecule has 1 heterocycles. The third kappa shape index (κ3) is 3.95. The topological polar surface area (TPSA) is 51.0 Å². The third-order valence-electron chi connectivity index (χ3n) is 5.01. The fourth-order valence-electron chi connectivity index (χ4n) is 3.23. The number of carbonyl (C=O) groups is 1. The summed E-state index contributed by atoms with van der Waals surface area (Å²) in [5.74, 6) is 2.32. The smallest absolute Gasteiger partial charge is 0.233 e. The molecule has 138 valence electrons. The second-order valence-corrected chi connectivity index (χ2v) is 8.55. The van der Waals surface area contributed by atoms with Crippen LogP contribution in [0.15, 0.2) is 35.5 Å². The summed E-state index contributed by atoms with van der Waals surface area (Å²) in [6, 6.07) is 10.9. The van der Waals surface area contributed by atoms with Crippen LogP contribution in [0, 0.1) is 0 Å². The maximum Gasteiger partial charge on any atom is 0.233 e. The summed E-state index contributed by atoms with van der Waals surface area (Å²) in [5.41, 5.74) is 1.16. The minimum absolute atomic E-state index is 0.159. The normalized spacial score (nSPS) is 16.9. The van der Waals surface area contributed by atoms with E-state index < -0.39 is 0 Å². The number of nitrogens with zero attached hydrogens (tertiary/aromatic N) is 4. The van der Waals surface area contributed by atoms with Crippen LogP contribution in [0.1, 0.15) is 62.9 Å². The van der Waals surface area contributed by atoms with Crippen LogP contribution in [-0.4, -0.2) is 37.4 Å². The molecule has 0 radical (unpaired) electrons. The fraction of sp³-hybridized carbons (Fsp3) is 0.550. The Labute approximate surface area is 159 Å². The highest BCUT2D eigenvalue weighted by Crippen LogP contribution is 2.46. The van der Waals surface area contributed by atoms with Gasteiger partial charge in [-0.1, -0.05) is 42.1 Å². The van der Waals surface area contributed by atoms with Crippen molar-refractivity contribution >= 4 is 17.7 Å². The van der Waals surface area contributed by atoms with Crippen LogP contribution in [0.4, 0.5) is 0 Å². The lowest BCUT2D eigenvalue weighted by molar-refractivity contribution is -0.130. The van der Waals surface area contributed by atoms with E-state index in [1.165, 1.54) is 25.7 Å². The Bertz CT molecular complexity index is 765. The lowest BCUT2D eigenvalue weighted by Gasteiger charge is -2.27. The molecule has 2 aliphatic rings. The molecule has 0 aliphatic heterocycles. The summed E-state index contributed by atoms with van der Waals surface area (Å²) in [7, 11) is 0. The van der Waals surface area contributed by atoms with Gasteiger partial charge in [0, 0.05) is 24.5 Å². The molecule has 5 nitrogen and oxygen atoms in total. The summed E-state index contributed by atoms with van der Waals surface area (Å²) in [4.78, 5) is 14.8. The SMILES string of the molecule is CC(C)N(Cc1ccccc1)C(=O)CSc1nnc(C2CC2)n1C1CC1. The quantitative estimate of drug-likeness (QED) is 0.659. The average molecular weight is 371 g/mol. The lowest BCUT2D eigenvalue weighted by Crippen LogP contribution is -2.37. The Kier molecular flexibility index (Phi) is 5.02. The van der Waals surface area contributed by atoms with Crippen molar-refractivity contribution in [1.29, 1.82) is 0 Å². The Hall–Kier alpha value is -1.82. The van der Waals surface area contributed by atoms with Gasteiger partial charge in [0.25, 0.3) is 0 Å². The Morgan fingerprint density at radius 1 is 1.19 bits per heavy atom. The predicted molar refractivity (Wildman–Crippen MR) is 103 cm³/mol. The van der Waals surface area contributed by atoms with Crippen molar-refractivity contribution in [2.45, 2.75) is 69.2 Å². The molecule has 2 saturated carbocycles. The second kappa shape index (κ2) is 7.43. The van der Waals surface area contributed by atoms with Crippen LogP contribution in [-0.2, 0) is 11.3 Å². The van der Waals surface area contributed by atoms with E-state index in [1.54, 1.807) is 11.8 Å². The van der Waals surface area contributed by atoms with Gasteiger partial charge in [-0.2, -0.15) is 0 Å². The highest BCUT2D eigenvalue weighted by atomic mass is 32.2. The molecule has 2 aliphatic carbocycles. The van der Waals surface area contributed by atoms with Gasteiger partial charge in [0.15, 0.2) is 5.16 Å². The first-order chi connectivity index (χ1) is 12.6. The monoisotopic (exact) mass is 370 g/mol. The highest BCUT2D eigenvalue weighted by molar-refractivity contribution is 7.99. The molecule has 0 N–H and O–H groups in total. The molecule has 0 bridgehead atoms. The number of rotatable bonds is 8. The van der Waals surface area contributed by atoms with Crippen LogP contribution in [0.2, 0.25) is 0 Å². The molecular formula is C20H26N4OS. The maximum atomic E-state index is 12.9. The number of aromatic nitrogens is 3. The molecule has 0 unspecified atom stereocenters. The molecule has 4 rings (SSSR count). The number of carbonyl (C=O) groups excluding carboxylic acids is 1. The van der Waals surface area contributed by atoms with E-state index in [0.717, 1.165) is 16.5 Å². The van der Waals surface area contributed by atoms with Crippen LogP contribution < -0.4 is 0 Å². The van der Waals surface area contributed by atoms with Crippen LogP contribution in [0.25, 0.3) is 0 Å². The summed E-state index contributed by atoms with van der Waals surface area (Å²) in [6.07, 6.45) is 4.89. The third-order valence-corrected chi connectivity index (χ3v) is 5.94. The molecule has 6 heteroatoms. The second-order valence-electron chi connectivity index (χ2n) is 7.61. The van der Waals surface area contributed by atoms with Gasteiger partial charge in [-0.15, -0.1) is 10.2 Å². The molecule has 1 aromatic carbocycles. The van der Waals surface area contributed by atoms with Crippen molar-refractivity contribution in [2.75, 3.05) is 5.75 Å². The predicted octanol–water partition coefficient (Wildman–Crippen LogP) is 4.02. The molecule has 1 amide bonds. The molecule has 0 spiro atoms. The first-order valence-electron chi connectivity index (χ1n) is 9.54. The van der Waals surface area contributed by atoms with E-state index >= 15 is 0 Å². The standard InChI is InChI=1S/C20H26N4OS/c1-14(2)23(12-15-6-4-3-5-7-15)18(25)13-26-20-22-21-19(16-8-9-16)24(20)17-10-11-17/h3-7,14,16-17H,8-13H2,1-2H3. The van der Waals surface area contributed by atoms with Crippen molar-refractivity contribution in [3.05, 3.63) is 41.7 Å². The van der Waals surface area contributed by atoms with E-state index in [9.17, 15) is 4.79 Å². The van der Waals surface area contributed by atoms with Crippen molar-refractivity contribution in [1.82, 2.24) is 19.7 Å². The van der Waals surface area contributed by atoms with E-state index in [-0.39, 0.29) is 11.9 Å². The van der Waals surface area contributed by atoms with Gasteiger partial charge in [-0.3, -0.25) is 4.79 Å². The zero-order chi connectivity index (χ0) is 18.1. The van der Waals surface area contributed by atoms with Crippen molar-refractivity contribution < 1.29 is 4.79 Å². The van der Waals surface area contributed by atoms with Crippen LogP contribution >= 0.6 is 11.8 Å². The number of thioether (sulfide) groups is 1. The zero-order valence-electron chi connectivity index (χ0n) is 15.5. The van der Waals surface area contributed by atoms with Crippen molar-refractivity contribution in [2.24, 2.45) is 0 Å². The van der Waals surface area contributed by atoms with Crippen molar-refractivity contribution in [3.8, 4) is 0 Å². The van der Waals surface area contributed by atoms with E-state index in [0.29, 0.717) is 24.3 Å². The molecular weight excluding hydrogens is 344 g/mol. The molecule has 1 aromatic heterocycles. The molecule has 2 fully saturated rings. The summed E-state index contributed by atoms with van der Waals surface area (Å²) >= 11 is 1.54. The van der Waals surface area contributed by atoms with Crippen LogP contribution in [0.3, 0.4) is 0 Å². The Morgan fingerprint density at radius 2 is 1.92 bits per heavy atom. The summed E-state index contributed by atoms with van der Waals surface area (Å²) < 4.78 is 2.31. The zero-order valence-corrected chi connectivity index (χ0v) is 16.3. The van der Waals surface area contributed by atoms with Crippen molar-refractivity contribution in [3.63, 3.8) is 0 Å². The maximum absolute atomic E-state index is 12.9. The van der Waals surface area contributed by atoms with E-state index in [4.69, 9.17) is 0 Å². The van der Waals surface area contributed by atoms with E-state index in [1.807, 2.05) is 23.1 Å². The lowest BCUT2D eigenvalue weighted by atomic mass is 10.2.